The molecule has 5 rings (SSSR count). The molecule has 3 heterocycles. The van der Waals surface area contributed by atoms with Crippen molar-refractivity contribution in [3.8, 4) is 5.82 Å². The predicted octanol–water partition coefficient (Wildman–Crippen LogP) is 2.52. The quantitative estimate of drug-likeness (QED) is 0.540. The smallest absolute Gasteiger partial charge is 0.261 e. The summed E-state index contributed by atoms with van der Waals surface area (Å²) < 4.78 is 10.6. The zero-order valence-electron chi connectivity index (χ0n) is 14.8. The third kappa shape index (κ3) is 2.48. The summed E-state index contributed by atoms with van der Waals surface area (Å²) in [6.45, 7) is 0. The number of hydrogen-bond acceptors (Lipinski definition) is 5. The lowest BCUT2D eigenvalue weighted by atomic mass is 10.2. The van der Waals surface area contributed by atoms with Gasteiger partial charge in [0.05, 0.1) is 17.1 Å². The first-order chi connectivity index (χ1) is 13.1. The molecule has 1 aliphatic rings. The Hall–Kier alpha value is -2.71. The maximum atomic E-state index is 12.8. The fourth-order valence-electron chi connectivity index (χ4n) is 3.61. The van der Waals surface area contributed by atoms with Crippen molar-refractivity contribution in [3.05, 3.63) is 51.8 Å². The van der Waals surface area contributed by atoms with Crippen LogP contribution in [0.3, 0.4) is 0 Å². The van der Waals surface area contributed by atoms with E-state index in [1.165, 1.54) is 0 Å². The van der Waals surface area contributed by atoms with E-state index in [-0.39, 0.29) is 11.7 Å². The summed E-state index contributed by atoms with van der Waals surface area (Å²) in [7, 11) is 3.40. The summed E-state index contributed by atoms with van der Waals surface area (Å²) in [5.74, 6) is 1.03. The van der Waals surface area contributed by atoms with Gasteiger partial charge < -0.3 is 4.74 Å². The van der Waals surface area contributed by atoms with Crippen LogP contribution in [0.5, 0.6) is 0 Å². The summed E-state index contributed by atoms with van der Waals surface area (Å²) in [5.41, 5.74) is 2.00. The Balaban J connectivity index is 1.71. The van der Waals surface area contributed by atoms with Crippen LogP contribution in [0.15, 0.2) is 35.5 Å². The normalized spacial score (nSPS) is 15.7. The average molecular weight is 385 g/mol. The van der Waals surface area contributed by atoms with Gasteiger partial charge in [0.15, 0.2) is 11.5 Å². The van der Waals surface area contributed by atoms with E-state index in [1.54, 1.807) is 41.9 Å². The van der Waals surface area contributed by atoms with Gasteiger partial charge in [-0.15, -0.1) is 5.10 Å². The molecule has 1 aromatic carbocycles. The van der Waals surface area contributed by atoms with E-state index in [0.29, 0.717) is 27.8 Å². The minimum atomic E-state index is -0.144. The van der Waals surface area contributed by atoms with Crippen LogP contribution in [-0.4, -0.2) is 36.1 Å². The molecule has 0 bridgehead atoms. The predicted molar refractivity (Wildman–Crippen MR) is 100 cm³/mol. The molecule has 27 heavy (non-hydrogen) atoms. The third-order valence-electron chi connectivity index (χ3n) is 5.12. The lowest BCUT2D eigenvalue weighted by Crippen LogP contribution is -2.20. The van der Waals surface area contributed by atoms with Crippen molar-refractivity contribution < 1.29 is 4.74 Å². The average Bonchev–Trinajstić information content (AvgIpc) is 3.21. The minimum Gasteiger partial charge on any atom is -0.375 e. The van der Waals surface area contributed by atoms with Crippen molar-refractivity contribution in [1.82, 2.24) is 28.9 Å². The summed E-state index contributed by atoms with van der Waals surface area (Å²) >= 11 is 6.06. The maximum absolute atomic E-state index is 12.8. The van der Waals surface area contributed by atoms with Crippen molar-refractivity contribution in [2.75, 3.05) is 7.11 Å². The molecular weight excluding hydrogens is 368 g/mol. The van der Waals surface area contributed by atoms with Gasteiger partial charge in [-0.3, -0.25) is 13.8 Å². The van der Waals surface area contributed by atoms with E-state index in [1.807, 2.05) is 16.7 Å². The number of hydrogen-bond donors (Lipinski definition) is 0. The fourth-order valence-corrected chi connectivity index (χ4v) is 3.78. The number of aromatic nitrogens is 6. The topological polar surface area (TPSA) is 79.2 Å². The molecule has 4 aromatic rings. The Morgan fingerprint density at radius 1 is 1.33 bits per heavy atom. The maximum Gasteiger partial charge on any atom is 0.261 e. The molecule has 0 spiro atoms. The Kier molecular flexibility index (Phi) is 3.60. The highest BCUT2D eigenvalue weighted by Gasteiger charge is 2.34. The van der Waals surface area contributed by atoms with E-state index >= 15 is 0 Å². The molecule has 1 saturated carbocycles. The monoisotopic (exact) mass is 384 g/mol. The van der Waals surface area contributed by atoms with E-state index in [9.17, 15) is 4.79 Å². The number of aryl methyl sites for hydroxylation is 1. The molecule has 8 nitrogen and oxygen atoms in total. The molecule has 0 aliphatic heterocycles. The van der Waals surface area contributed by atoms with Gasteiger partial charge in [0.1, 0.15) is 18.1 Å². The van der Waals surface area contributed by atoms with Gasteiger partial charge in [0.25, 0.3) is 5.56 Å². The van der Waals surface area contributed by atoms with Gasteiger partial charge in [-0.2, -0.15) is 4.68 Å². The van der Waals surface area contributed by atoms with Crippen molar-refractivity contribution >= 4 is 28.2 Å². The molecule has 1 atom stereocenters. The lowest BCUT2D eigenvalue weighted by Gasteiger charge is -2.10. The van der Waals surface area contributed by atoms with Gasteiger partial charge >= 0.3 is 0 Å². The molecular formula is C18H17ClN6O2. The van der Waals surface area contributed by atoms with Crippen LogP contribution >= 0.6 is 11.6 Å². The Morgan fingerprint density at radius 3 is 2.89 bits per heavy atom. The molecule has 1 unspecified atom stereocenters. The SMILES string of the molecule is COC(c1cn(-c2ncn3c4ccc(Cl)cc4c(=O)n(C)c23)nn1)C1CC1. The molecule has 1 aliphatic carbocycles. The first-order valence-electron chi connectivity index (χ1n) is 8.69. The lowest BCUT2D eigenvalue weighted by molar-refractivity contribution is 0.0810. The molecule has 0 N–H and O–H groups in total. The zero-order valence-corrected chi connectivity index (χ0v) is 15.6. The molecule has 0 radical (unpaired) electrons. The molecule has 0 saturated heterocycles. The highest BCUT2D eigenvalue weighted by Crippen LogP contribution is 2.42. The van der Waals surface area contributed by atoms with Crippen LogP contribution in [0.25, 0.3) is 22.4 Å². The van der Waals surface area contributed by atoms with E-state index in [0.717, 1.165) is 24.1 Å². The number of halogens is 1. The van der Waals surface area contributed by atoms with Crippen LogP contribution in [0.4, 0.5) is 0 Å². The largest absolute Gasteiger partial charge is 0.375 e. The molecule has 9 heteroatoms. The van der Waals surface area contributed by atoms with Crippen LogP contribution < -0.4 is 5.56 Å². The van der Waals surface area contributed by atoms with Gasteiger partial charge in [0, 0.05) is 19.2 Å². The van der Waals surface area contributed by atoms with Crippen molar-refractivity contribution in [1.29, 1.82) is 0 Å². The third-order valence-corrected chi connectivity index (χ3v) is 5.35. The van der Waals surface area contributed by atoms with E-state index in [4.69, 9.17) is 16.3 Å². The van der Waals surface area contributed by atoms with E-state index < -0.39 is 0 Å². The summed E-state index contributed by atoms with van der Waals surface area (Å²) in [5, 5.41) is 9.55. The number of nitrogens with zero attached hydrogens (tertiary/aromatic N) is 6. The molecule has 3 aromatic heterocycles. The number of methoxy groups -OCH3 is 1. The Labute approximate surface area is 158 Å². The summed E-state index contributed by atoms with van der Waals surface area (Å²) in [4.78, 5) is 17.3. The second-order valence-corrected chi connectivity index (χ2v) is 7.31. The van der Waals surface area contributed by atoms with Gasteiger partial charge in [-0.1, -0.05) is 16.8 Å². The minimum absolute atomic E-state index is 0.0561. The fraction of sp³-hybridized carbons (Fsp3) is 0.333. The van der Waals surface area contributed by atoms with Crippen LogP contribution in [0, 0.1) is 5.92 Å². The highest BCUT2D eigenvalue weighted by molar-refractivity contribution is 6.31. The highest BCUT2D eigenvalue weighted by atomic mass is 35.5. The van der Waals surface area contributed by atoms with Gasteiger partial charge in [0.2, 0.25) is 0 Å². The number of benzene rings is 1. The summed E-state index contributed by atoms with van der Waals surface area (Å²) in [6.07, 6.45) is 5.73. The van der Waals surface area contributed by atoms with Crippen LogP contribution in [0.1, 0.15) is 24.6 Å². The van der Waals surface area contributed by atoms with Gasteiger partial charge in [-0.25, -0.2) is 4.98 Å². The number of fused-ring (bicyclic) bond motifs is 3. The molecule has 1 fully saturated rings. The van der Waals surface area contributed by atoms with Crippen LogP contribution in [-0.2, 0) is 11.8 Å². The second-order valence-electron chi connectivity index (χ2n) is 6.87. The first-order valence-corrected chi connectivity index (χ1v) is 9.07. The number of ether oxygens (including phenoxy) is 1. The standard InChI is InChI=1S/C18H17ClN6O2/c1-23-17-16(25-8-13(21-22-25)15(27-2)10-3-4-10)20-9-24(17)14-6-5-11(19)7-12(14)18(23)26/h5-10,15H,3-4H2,1-2H3. The number of imidazole rings is 1. The zero-order chi connectivity index (χ0) is 18.7. The number of rotatable bonds is 4. The molecule has 138 valence electrons. The Morgan fingerprint density at radius 2 is 2.15 bits per heavy atom. The van der Waals surface area contributed by atoms with Crippen molar-refractivity contribution in [2.45, 2.75) is 18.9 Å². The van der Waals surface area contributed by atoms with Crippen molar-refractivity contribution in [2.24, 2.45) is 13.0 Å². The Bertz CT molecular complexity index is 1240. The van der Waals surface area contributed by atoms with Crippen LogP contribution in [0.2, 0.25) is 5.02 Å². The van der Waals surface area contributed by atoms with Crippen molar-refractivity contribution in [3.63, 3.8) is 0 Å². The second kappa shape index (κ2) is 5.90. The first kappa shape index (κ1) is 16.5. The molecule has 0 amide bonds. The summed E-state index contributed by atoms with van der Waals surface area (Å²) in [6, 6.07) is 5.25. The van der Waals surface area contributed by atoms with E-state index in [2.05, 4.69) is 15.3 Å². The van der Waals surface area contributed by atoms with Gasteiger partial charge in [-0.05, 0) is 37.0 Å².